The van der Waals surface area contributed by atoms with Crippen LogP contribution in [0.1, 0.15) is 24.8 Å². The molecule has 0 radical (unpaired) electrons. The monoisotopic (exact) mass is 248 g/mol. The van der Waals surface area contributed by atoms with E-state index in [0.29, 0.717) is 26.1 Å². The van der Waals surface area contributed by atoms with Gasteiger partial charge in [0.15, 0.2) is 0 Å². The topological polar surface area (TPSA) is 66.6 Å². The van der Waals surface area contributed by atoms with E-state index >= 15 is 0 Å². The average Bonchev–Trinajstić information content (AvgIpc) is 2.37. The van der Waals surface area contributed by atoms with Gasteiger partial charge in [0, 0.05) is 6.54 Å². The van der Waals surface area contributed by atoms with Crippen LogP contribution in [0.2, 0.25) is 0 Å². The number of hydrogen-bond acceptors (Lipinski definition) is 3. The Morgan fingerprint density at radius 2 is 2.06 bits per heavy atom. The van der Waals surface area contributed by atoms with Gasteiger partial charge in [0.1, 0.15) is 0 Å². The maximum absolute atomic E-state index is 12.3. The van der Waals surface area contributed by atoms with Gasteiger partial charge in [-0.05, 0) is 12.0 Å². The number of carbonyl (C=O) groups excluding carboxylic acids is 1. The third kappa shape index (κ3) is 2.40. The highest BCUT2D eigenvalue weighted by molar-refractivity contribution is 5.85. The summed E-state index contributed by atoms with van der Waals surface area (Å²) in [4.78, 5) is 14.0. The predicted octanol–water partition coefficient (Wildman–Crippen LogP) is 0.712. The molecule has 2 rings (SSSR count). The molecular weight excluding hydrogens is 228 g/mol. The molecule has 4 heteroatoms. The van der Waals surface area contributed by atoms with Crippen molar-refractivity contribution >= 4 is 5.91 Å². The lowest BCUT2D eigenvalue weighted by atomic mass is 9.88. The number of nitrogens with two attached hydrogens (primary N) is 1. The largest absolute Gasteiger partial charge is 0.386 e. The Bertz CT molecular complexity index is 413. The molecule has 1 atom stereocenters. The Hall–Kier alpha value is -1.39. The third-order valence-corrected chi connectivity index (χ3v) is 3.68. The molecule has 0 aromatic heterocycles. The molecule has 1 aliphatic rings. The normalized spacial score (nSPS) is 19.2. The summed E-state index contributed by atoms with van der Waals surface area (Å²) in [5.41, 5.74) is 5.97. The Morgan fingerprint density at radius 3 is 2.56 bits per heavy atom. The van der Waals surface area contributed by atoms with Crippen molar-refractivity contribution < 1.29 is 9.90 Å². The fourth-order valence-corrected chi connectivity index (χ4v) is 2.33. The van der Waals surface area contributed by atoms with Gasteiger partial charge in [0.2, 0.25) is 5.91 Å². The van der Waals surface area contributed by atoms with Crippen molar-refractivity contribution in [2.75, 3.05) is 19.6 Å². The summed E-state index contributed by atoms with van der Waals surface area (Å²) in [5, 5.41) is 9.94. The zero-order valence-electron chi connectivity index (χ0n) is 10.7. The van der Waals surface area contributed by atoms with Crippen LogP contribution >= 0.6 is 0 Å². The van der Waals surface area contributed by atoms with Crippen LogP contribution in [-0.2, 0) is 4.79 Å². The number of nitrogens with zero attached hydrogens (tertiary/aromatic N) is 1. The van der Waals surface area contributed by atoms with Crippen LogP contribution in [-0.4, -0.2) is 41.1 Å². The third-order valence-electron chi connectivity index (χ3n) is 3.68. The summed E-state index contributed by atoms with van der Waals surface area (Å²) in [6, 6.07) is 9.57. The van der Waals surface area contributed by atoms with Gasteiger partial charge in [-0.1, -0.05) is 37.3 Å². The van der Waals surface area contributed by atoms with E-state index in [-0.39, 0.29) is 11.8 Å². The lowest BCUT2D eigenvalue weighted by Gasteiger charge is -2.47. The molecule has 1 heterocycles. The number of rotatable bonds is 4. The molecular formula is C14H20N2O2. The van der Waals surface area contributed by atoms with Crippen molar-refractivity contribution in [3.05, 3.63) is 35.9 Å². The average molecular weight is 248 g/mol. The lowest BCUT2D eigenvalue weighted by Crippen LogP contribution is -2.64. The smallest absolute Gasteiger partial charge is 0.231 e. The number of carbonyl (C=O) groups is 1. The predicted molar refractivity (Wildman–Crippen MR) is 70.1 cm³/mol. The molecule has 98 valence electrons. The maximum Gasteiger partial charge on any atom is 0.231 e. The molecule has 3 N–H and O–H groups in total. The van der Waals surface area contributed by atoms with Crippen LogP contribution in [0, 0.1) is 0 Å². The maximum atomic E-state index is 12.3. The van der Waals surface area contributed by atoms with E-state index in [1.54, 1.807) is 4.90 Å². The first kappa shape index (κ1) is 13.1. The zero-order chi connectivity index (χ0) is 13.2. The molecule has 1 aromatic rings. The molecule has 1 saturated heterocycles. The van der Waals surface area contributed by atoms with Crippen LogP contribution in [0.5, 0.6) is 0 Å². The fourth-order valence-electron chi connectivity index (χ4n) is 2.33. The van der Waals surface area contributed by atoms with Crippen LogP contribution < -0.4 is 5.73 Å². The molecule has 1 unspecified atom stereocenters. The highest BCUT2D eigenvalue weighted by atomic mass is 16.3. The minimum absolute atomic E-state index is 0.0156. The first-order chi connectivity index (χ1) is 8.59. The summed E-state index contributed by atoms with van der Waals surface area (Å²) >= 11 is 0. The van der Waals surface area contributed by atoms with Crippen molar-refractivity contribution in [3.8, 4) is 0 Å². The van der Waals surface area contributed by atoms with Gasteiger partial charge in [-0.3, -0.25) is 4.79 Å². The van der Waals surface area contributed by atoms with E-state index in [2.05, 4.69) is 0 Å². The van der Waals surface area contributed by atoms with Gasteiger partial charge in [-0.25, -0.2) is 0 Å². The number of likely N-dealkylation sites (tertiary alicyclic amines) is 1. The molecule has 1 aliphatic heterocycles. The Morgan fingerprint density at radius 1 is 1.44 bits per heavy atom. The lowest BCUT2D eigenvalue weighted by molar-refractivity contribution is -0.157. The summed E-state index contributed by atoms with van der Waals surface area (Å²) in [6.07, 6.45) is 0.676. The summed E-state index contributed by atoms with van der Waals surface area (Å²) in [7, 11) is 0. The molecule has 18 heavy (non-hydrogen) atoms. The van der Waals surface area contributed by atoms with Gasteiger partial charge in [-0.15, -0.1) is 0 Å². The Balaban J connectivity index is 2.05. The number of hydrogen-bond donors (Lipinski definition) is 2. The number of benzene rings is 1. The van der Waals surface area contributed by atoms with Gasteiger partial charge in [0.25, 0.3) is 0 Å². The highest BCUT2D eigenvalue weighted by Gasteiger charge is 2.43. The number of β-amino-alcohol motifs (C(OH)–C–C–N with tert-alkyl or cyclic N) is 1. The van der Waals surface area contributed by atoms with Gasteiger partial charge < -0.3 is 15.7 Å². The van der Waals surface area contributed by atoms with E-state index in [1.165, 1.54) is 0 Å². The summed E-state index contributed by atoms with van der Waals surface area (Å²) in [6.45, 7) is 3.07. The molecule has 4 nitrogen and oxygen atoms in total. The number of amides is 1. The Labute approximate surface area is 107 Å². The molecule has 1 fully saturated rings. The van der Waals surface area contributed by atoms with Crippen molar-refractivity contribution in [1.29, 1.82) is 0 Å². The minimum Gasteiger partial charge on any atom is -0.386 e. The molecule has 1 amide bonds. The van der Waals surface area contributed by atoms with E-state index < -0.39 is 5.60 Å². The van der Waals surface area contributed by atoms with Gasteiger partial charge in [-0.2, -0.15) is 0 Å². The van der Waals surface area contributed by atoms with Gasteiger partial charge in [0.05, 0.1) is 24.6 Å². The summed E-state index contributed by atoms with van der Waals surface area (Å²) in [5.74, 6) is -0.283. The molecule has 0 saturated carbocycles. The van der Waals surface area contributed by atoms with E-state index in [1.807, 2.05) is 37.3 Å². The number of aliphatic hydroxyl groups is 1. The summed E-state index contributed by atoms with van der Waals surface area (Å²) < 4.78 is 0. The van der Waals surface area contributed by atoms with E-state index in [9.17, 15) is 9.90 Å². The van der Waals surface area contributed by atoms with Crippen LogP contribution in [0.25, 0.3) is 0 Å². The second-order valence-corrected chi connectivity index (χ2v) is 4.97. The minimum atomic E-state index is -0.689. The van der Waals surface area contributed by atoms with Gasteiger partial charge >= 0.3 is 0 Å². The zero-order valence-corrected chi connectivity index (χ0v) is 10.7. The van der Waals surface area contributed by atoms with Crippen molar-refractivity contribution in [1.82, 2.24) is 4.90 Å². The van der Waals surface area contributed by atoms with E-state index in [0.717, 1.165) is 5.56 Å². The van der Waals surface area contributed by atoms with Crippen molar-refractivity contribution in [2.24, 2.45) is 5.73 Å². The second-order valence-electron chi connectivity index (χ2n) is 4.97. The molecule has 0 aliphatic carbocycles. The quantitative estimate of drug-likeness (QED) is 0.824. The van der Waals surface area contributed by atoms with E-state index in [4.69, 9.17) is 5.73 Å². The van der Waals surface area contributed by atoms with Crippen LogP contribution in [0.3, 0.4) is 0 Å². The highest BCUT2D eigenvalue weighted by Crippen LogP contribution is 2.28. The van der Waals surface area contributed by atoms with Crippen molar-refractivity contribution in [3.63, 3.8) is 0 Å². The first-order valence-corrected chi connectivity index (χ1v) is 6.36. The Kier molecular flexibility index (Phi) is 3.68. The van der Waals surface area contributed by atoms with Crippen LogP contribution in [0.4, 0.5) is 0 Å². The first-order valence-electron chi connectivity index (χ1n) is 6.36. The second kappa shape index (κ2) is 5.08. The van der Waals surface area contributed by atoms with Crippen LogP contribution in [0.15, 0.2) is 30.3 Å². The standard InChI is InChI=1S/C14H20N2O2/c1-2-14(18)9-16(10-14)13(17)12(8-15)11-6-4-3-5-7-11/h3-7,12,18H,2,8-10,15H2,1H3. The molecule has 0 bridgehead atoms. The fraction of sp³-hybridized carbons (Fsp3) is 0.500. The molecule has 0 spiro atoms. The van der Waals surface area contributed by atoms with Crippen molar-refractivity contribution in [2.45, 2.75) is 24.9 Å². The molecule has 1 aromatic carbocycles. The SMILES string of the molecule is CCC1(O)CN(C(=O)C(CN)c2ccccc2)C1.